The second kappa shape index (κ2) is 5.25. The number of hydrogen-bond acceptors (Lipinski definition) is 3. The van der Waals surface area contributed by atoms with E-state index in [0.717, 1.165) is 16.8 Å². The van der Waals surface area contributed by atoms with Crippen molar-refractivity contribution in [1.29, 1.82) is 0 Å². The first-order chi connectivity index (χ1) is 8.90. The van der Waals surface area contributed by atoms with Gasteiger partial charge in [0, 0.05) is 21.3 Å². The molecule has 0 aliphatic carbocycles. The number of halogens is 2. The van der Waals surface area contributed by atoms with Crippen molar-refractivity contribution >= 4 is 21.7 Å². The monoisotopic (exact) mass is 323 g/mol. The lowest BCUT2D eigenvalue weighted by Gasteiger charge is -2.13. The molecule has 0 bridgehead atoms. The molecule has 0 fully saturated rings. The van der Waals surface area contributed by atoms with Gasteiger partial charge in [0.1, 0.15) is 11.6 Å². The highest BCUT2D eigenvalue weighted by atomic mass is 79.9. The molecule has 19 heavy (non-hydrogen) atoms. The zero-order valence-electron chi connectivity index (χ0n) is 11.0. The number of hydrogen-bond donors (Lipinski definition) is 1. The van der Waals surface area contributed by atoms with Crippen LogP contribution in [0.2, 0.25) is 0 Å². The standard InChI is InChI=1S/C14H15BrFN3/c1-7(2)12-8(3)18-14(19-13(12)17)10-5-4-9(16)6-11(10)15/h4-7H,1-3H3,(H2,17,18,19). The van der Waals surface area contributed by atoms with Gasteiger partial charge in [0.25, 0.3) is 0 Å². The maximum atomic E-state index is 13.1. The largest absolute Gasteiger partial charge is 0.383 e. The number of nitrogens with zero attached hydrogens (tertiary/aromatic N) is 2. The first-order valence-corrected chi connectivity index (χ1v) is 6.79. The van der Waals surface area contributed by atoms with E-state index in [0.29, 0.717) is 16.1 Å². The molecule has 0 saturated carbocycles. The van der Waals surface area contributed by atoms with Crippen LogP contribution in [0.3, 0.4) is 0 Å². The Bertz CT molecular complexity index is 603. The molecule has 0 aliphatic heterocycles. The van der Waals surface area contributed by atoms with Gasteiger partial charge in [0.05, 0.1) is 0 Å². The van der Waals surface area contributed by atoms with Gasteiger partial charge in [-0.05, 0) is 47.0 Å². The minimum absolute atomic E-state index is 0.269. The third-order valence-electron chi connectivity index (χ3n) is 2.92. The Labute approximate surface area is 120 Å². The Hall–Kier alpha value is -1.49. The SMILES string of the molecule is Cc1nc(-c2ccc(F)cc2Br)nc(N)c1C(C)C. The van der Waals surface area contributed by atoms with Crippen LogP contribution in [-0.4, -0.2) is 9.97 Å². The predicted octanol–water partition coefficient (Wildman–Crippen LogP) is 4.06. The van der Waals surface area contributed by atoms with E-state index in [-0.39, 0.29) is 11.7 Å². The van der Waals surface area contributed by atoms with E-state index < -0.39 is 0 Å². The van der Waals surface area contributed by atoms with E-state index in [2.05, 4.69) is 39.7 Å². The van der Waals surface area contributed by atoms with Crippen LogP contribution in [0.25, 0.3) is 11.4 Å². The van der Waals surface area contributed by atoms with Gasteiger partial charge >= 0.3 is 0 Å². The van der Waals surface area contributed by atoms with Gasteiger partial charge in [-0.15, -0.1) is 0 Å². The Kier molecular flexibility index (Phi) is 3.85. The third-order valence-corrected chi connectivity index (χ3v) is 3.57. The molecule has 3 nitrogen and oxygen atoms in total. The summed E-state index contributed by atoms with van der Waals surface area (Å²) >= 11 is 3.32. The zero-order valence-corrected chi connectivity index (χ0v) is 12.6. The van der Waals surface area contributed by atoms with E-state index in [1.165, 1.54) is 12.1 Å². The number of nitrogen functional groups attached to an aromatic ring is 1. The van der Waals surface area contributed by atoms with Crippen molar-refractivity contribution in [3.63, 3.8) is 0 Å². The maximum Gasteiger partial charge on any atom is 0.162 e. The molecule has 1 aromatic heterocycles. The molecular weight excluding hydrogens is 309 g/mol. The lowest BCUT2D eigenvalue weighted by Crippen LogP contribution is -2.06. The number of benzene rings is 1. The first kappa shape index (κ1) is 13.9. The Morgan fingerprint density at radius 2 is 1.95 bits per heavy atom. The van der Waals surface area contributed by atoms with E-state index in [1.54, 1.807) is 6.07 Å². The van der Waals surface area contributed by atoms with Crippen molar-refractivity contribution in [2.24, 2.45) is 0 Å². The van der Waals surface area contributed by atoms with Gasteiger partial charge in [0.2, 0.25) is 0 Å². The summed E-state index contributed by atoms with van der Waals surface area (Å²) in [6.45, 7) is 6.01. The molecule has 0 unspecified atom stereocenters. The molecule has 0 saturated heterocycles. The average molecular weight is 324 g/mol. The summed E-state index contributed by atoms with van der Waals surface area (Å²) in [6, 6.07) is 4.41. The maximum absolute atomic E-state index is 13.1. The van der Waals surface area contributed by atoms with Gasteiger partial charge in [-0.3, -0.25) is 0 Å². The van der Waals surface area contributed by atoms with Crippen LogP contribution in [0.1, 0.15) is 31.0 Å². The highest BCUT2D eigenvalue weighted by Crippen LogP contribution is 2.30. The number of nitrogens with two attached hydrogens (primary N) is 1. The molecule has 1 heterocycles. The Balaban J connectivity index is 2.58. The van der Waals surface area contributed by atoms with Gasteiger partial charge in [-0.1, -0.05) is 13.8 Å². The number of anilines is 1. The second-order valence-electron chi connectivity index (χ2n) is 4.71. The summed E-state index contributed by atoms with van der Waals surface area (Å²) < 4.78 is 13.7. The third kappa shape index (κ3) is 2.76. The van der Waals surface area contributed by atoms with Crippen LogP contribution >= 0.6 is 15.9 Å². The van der Waals surface area contributed by atoms with Crippen LogP contribution in [0, 0.1) is 12.7 Å². The average Bonchev–Trinajstić information content (AvgIpc) is 2.26. The molecule has 5 heteroatoms. The lowest BCUT2D eigenvalue weighted by atomic mass is 10.0. The van der Waals surface area contributed by atoms with Crippen LogP contribution in [-0.2, 0) is 0 Å². The van der Waals surface area contributed by atoms with Crippen molar-refractivity contribution in [2.45, 2.75) is 26.7 Å². The molecular formula is C14H15BrFN3. The number of aryl methyl sites for hydroxylation is 1. The highest BCUT2D eigenvalue weighted by molar-refractivity contribution is 9.10. The molecule has 100 valence electrons. The van der Waals surface area contributed by atoms with Crippen LogP contribution in [0.5, 0.6) is 0 Å². The minimum atomic E-state index is -0.306. The summed E-state index contributed by atoms with van der Waals surface area (Å²) in [5, 5.41) is 0. The van der Waals surface area contributed by atoms with Crippen molar-refractivity contribution in [1.82, 2.24) is 9.97 Å². The molecule has 2 aromatic rings. The fourth-order valence-electron chi connectivity index (χ4n) is 2.11. The van der Waals surface area contributed by atoms with Crippen molar-refractivity contribution in [3.8, 4) is 11.4 Å². The summed E-state index contributed by atoms with van der Waals surface area (Å²) in [5.41, 5.74) is 8.54. The summed E-state index contributed by atoms with van der Waals surface area (Å²) in [4.78, 5) is 8.80. The molecule has 0 atom stereocenters. The summed E-state index contributed by atoms with van der Waals surface area (Å²) in [5.74, 6) is 0.949. The quantitative estimate of drug-likeness (QED) is 0.906. The first-order valence-electron chi connectivity index (χ1n) is 5.99. The lowest BCUT2D eigenvalue weighted by molar-refractivity contribution is 0.627. The molecule has 0 spiro atoms. The van der Waals surface area contributed by atoms with Gasteiger partial charge in [0.15, 0.2) is 5.82 Å². The summed E-state index contributed by atoms with van der Waals surface area (Å²) in [6.07, 6.45) is 0. The topological polar surface area (TPSA) is 51.8 Å². The van der Waals surface area contributed by atoms with E-state index >= 15 is 0 Å². The Morgan fingerprint density at radius 3 is 2.47 bits per heavy atom. The van der Waals surface area contributed by atoms with E-state index in [4.69, 9.17) is 5.73 Å². The van der Waals surface area contributed by atoms with Crippen LogP contribution in [0.4, 0.5) is 10.2 Å². The molecule has 0 amide bonds. The molecule has 2 N–H and O–H groups in total. The van der Waals surface area contributed by atoms with Crippen molar-refractivity contribution in [2.75, 3.05) is 5.73 Å². The van der Waals surface area contributed by atoms with Crippen molar-refractivity contribution < 1.29 is 4.39 Å². The number of aromatic nitrogens is 2. The van der Waals surface area contributed by atoms with Crippen molar-refractivity contribution in [3.05, 3.63) is 39.7 Å². The fraction of sp³-hybridized carbons (Fsp3) is 0.286. The Morgan fingerprint density at radius 1 is 1.26 bits per heavy atom. The highest BCUT2D eigenvalue weighted by Gasteiger charge is 2.15. The van der Waals surface area contributed by atoms with E-state index in [1.807, 2.05) is 6.92 Å². The van der Waals surface area contributed by atoms with Crippen LogP contribution < -0.4 is 5.73 Å². The van der Waals surface area contributed by atoms with E-state index in [9.17, 15) is 4.39 Å². The fourth-order valence-corrected chi connectivity index (χ4v) is 2.64. The van der Waals surface area contributed by atoms with Gasteiger partial charge < -0.3 is 5.73 Å². The zero-order chi connectivity index (χ0) is 14.2. The summed E-state index contributed by atoms with van der Waals surface area (Å²) in [7, 11) is 0. The molecule has 0 radical (unpaired) electrons. The normalized spacial score (nSPS) is 11.1. The molecule has 2 rings (SSSR count). The van der Waals surface area contributed by atoms with Crippen LogP contribution in [0.15, 0.2) is 22.7 Å². The second-order valence-corrected chi connectivity index (χ2v) is 5.56. The predicted molar refractivity (Wildman–Crippen MR) is 78.4 cm³/mol. The minimum Gasteiger partial charge on any atom is -0.383 e. The smallest absolute Gasteiger partial charge is 0.162 e. The van der Waals surface area contributed by atoms with Gasteiger partial charge in [-0.2, -0.15) is 0 Å². The molecule has 0 aliphatic rings. The number of rotatable bonds is 2. The molecule has 1 aromatic carbocycles. The van der Waals surface area contributed by atoms with Gasteiger partial charge in [-0.25, -0.2) is 14.4 Å².